The molecule has 8 nitrogen and oxygen atoms in total. The monoisotopic (exact) mass is 322 g/mol. The number of nitrogens with zero attached hydrogens (tertiary/aromatic N) is 6. The Morgan fingerprint density at radius 2 is 2.00 bits per heavy atom. The first kappa shape index (κ1) is 13.6. The standard InChI is InChI=1S/C13H15ClN6O2/c1-18-6-15-9-10(18)16-12(14)17-11(9)19-4-7-2-3-8(5-19)20(7)13(21)22/h6-8H,2-5H2,1H3,(H,21,22). The third-order valence-electron chi connectivity index (χ3n) is 4.52. The summed E-state index contributed by atoms with van der Waals surface area (Å²) in [5.41, 5.74) is 1.39. The van der Waals surface area contributed by atoms with Gasteiger partial charge in [-0.2, -0.15) is 9.97 Å². The second-order valence-electron chi connectivity index (χ2n) is 5.82. The summed E-state index contributed by atoms with van der Waals surface area (Å²) in [6.45, 7) is 1.23. The van der Waals surface area contributed by atoms with Crippen molar-refractivity contribution in [3.8, 4) is 0 Å². The van der Waals surface area contributed by atoms with Crippen molar-refractivity contribution in [1.29, 1.82) is 0 Å². The molecule has 4 rings (SSSR count). The summed E-state index contributed by atoms with van der Waals surface area (Å²) in [5, 5.41) is 9.52. The first-order valence-electron chi connectivity index (χ1n) is 7.15. The Balaban J connectivity index is 1.74. The Morgan fingerprint density at radius 1 is 1.32 bits per heavy atom. The SMILES string of the molecule is Cn1cnc2c(N3CC4CCC(C3)N4C(=O)O)nc(Cl)nc21. The van der Waals surface area contributed by atoms with Crippen LogP contribution in [0.1, 0.15) is 12.8 Å². The molecule has 0 aromatic carbocycles. The molecule has 0 spiro atoms. The van der Waals surface area contributed by atoms with Crippen LogP contribution in [-0.2, 0) is 7.05 Å². The van der Waals surface area contributed by atoms with Gasteiger partial charge >= 0.3 is 6.09 Å². The lowest BCUT2D eigenvalue weighted by atomic mass is 10.2. The van der Waals surface area contributed by atoms with Gasteiger partial charge in [0.25, 0.3) is 0 Å². The van der Waals surface area contributed by atoms with Gasteiger partial charge in [0.2, 0.25) is 5.28 Å². The number of carbonyl (C=O) groups is 1. The van der Waals surface area contributed by atoms with Crippen LogP contribution < -0.4 is 4.90 Å². The smallest absolute Gasteiger partial charge is 0.407 e. The lowest BCUT2D eigenvalue weighted by Gasteiger charge is -2.39. The molecule has 0 aliphatic carbocycles. The van der Waals surface area contributed by atoms with Gasteiger partial charge in [0.05, 0.1) is 18.4 Å². The second-order valence-corrected chi connectivity index (χ2v) is 6.16. The number of amides is 1. The number of hydrogen-bond acceptors (Lipinski definition) is 5. The van der Waals surface area contributed by atoms with Gasteiger partial charge in [-0.3, -0.25) is 4.90 Å². The van der Waals surface area contributed by atoms with E-state index in [-0.39, 0.29) is 17.4 Å². The third-order valence-corrected chi connectivity index (χ3v) is 4.69. The van der Waals surface area contributed by atoms with Crippen LogP contribution in [0, 0.1) is 0 Å². The summed E-state index contributed by atoms with van der Waals surface area (Å²) in [4.78, 5) is 28.0. The highest BCUT2D eigenvalue weighted by molar-refractivity contribution is 6.28. The van der Waals surface area contributed by atoms with E-state index in [9.17, 15) is 9.90 Å². The number of hydrogen-bond donors (Lipinski definition) is 1. The van der Waals surface area contributed by atoms with Crippen LogP contribution in [0.4, 0.5) is 10.6 Å². The van der Waals surface area contributed by atoms with E-state index in [2.05, 4.69) is 19.9 Å². The Bertz CT molecular complexity index is 748. The first-order valence-corrected chi connectivity index (χ1v) is 7.53. The number of carboxylic acid groups (broad SMARTS) is 1. The summed E-state index contributed by atoms with van der Waals surface area (Å²) < 4.78 is 1.80. The van der Waals surface area contributed by atoms with E-state index >= 15 is 0 Å². The van der Waals surface area contributed by atoms with E-state index in [1.165, 1.54) is 0 Å². The number of fused-ring (bicyclic) bond motifs is 3. The molecule has 2 bridgehead atoms. The number of imidazole rings is 1. The molecule has 0 saturated carbocycles. The molecule has 2 atom stereocenters. The van der Waals surface area contributed by atoms with Crippen LogP contribution in [0.5, 0.6) is 0 Å². The highest BCUT2D eigenvalue weighted by atomic mass is 35.5. The van der Waals surface area contributed by atoms with E-state index in [1.54, 1.807) is 15.8 Å². The molecular weight excluding hydrogens is 308 g/mol. The summed E-state index contributed by atoms with van der Waals surface area (Å²) in [6, 6.07) is 0.00695. The van der Waals surface area contributed by atoms with E-state index in [0.29, 0.717) is 30.1 Å². The minimum absolute atomic E-state index is 0.00348. The third kappa shape index (κ3) is 1.90. The minimum Gasteiger partial charge on any atom is -0.465 e. The van der Waals surface area contributed by atoms with Gasteiger partial charge < -0.3 is 14.6 Å². The maximum Gasteiger partial charge on any atom is 0.407 e. The summed E-state index contributed by atoms with van der Waals surface area (Å²) in [7, 11) is 1.86. The molecule has 9 heteroatoms. The van der Waals surface area contributed by atoms with Crippen molar-refractivity contribution in [2.45, 2.75) is 24.9 Å². The number of anilines is 1. The van der Waals surface area contributed by atoms with Crippen LogP contribution in [0.3, 0.4) is 0 Å². The Labute approximate surface area is 131 Å². The average Bonchev–Trinajstić information content (AvgIpc) is 2.97. The molecule has 1 amide bonds. The van der Waals surface area contributed by atoms with E-state index in [4.69, 9.17) is 11.6 Å². The van der Waals surface area contributed by atoms with Crippen LogP contribution in [0.2, 0.25) is 5.28 Å². The molecular formula is C13H15ClN6O2. The number of halogens is 1. The first-order chi connectivity index (χ1) is 10.5. The molecule has 2 aromatic rings. The fourth-order valence-electron chi connectivity index (χ4n) is 3.57. The molecule has 2 aromatic heterocycles. The van der Waals surface area contributed by atoms with E-state index < -0.39 is 6.09 Å². The van der Waals surface area contributed by atoms with Crippen molar-refractivity contribution in [2.75, 3.05) is 18.0 Å². The maximum absolute atomic E-state index is 11.4. The number of rotatable bonds is 1. The summed E-state index contributed by atoms with van der Waals surface area (Å²) in [5.74, 6) is 0.692. The molecule has 2 fully saturated rings. The second kappa shape index (κ2) is 4.70. The molecule has 2 saturated heterocycles. The zero-order chi connectivity index (χ0) is 15.4. The van der Waals surface area contributed by atoms with Crippen molar-refractivity contribution in [3.05, 3.63) is 11.6 Å². The summed E-state index contributed by atoms with van der Waals surface area (Å²) >= 11 is 6.04. The van der Waals surface area contributed by atoms with Crippen LogP contribution in [0.25, 0.3) is 11.2 Å². The van der Waals surface area contributed by atoms with Gasteiger partial charge in [0.1, 0.15) is 0 Å². The van der Waals surface area contributed by atoms with Gasteiger partial charge in [0, 0.05) is 20.1 Å². The molecule has 2 aliphatic rings. The van der Waals surface area contributed by atoms with E-state index in [0.717, 1.165) is 12.8 Å². The predicted molar refractivity (Wildman–Crippen MR) is 80.2 cm³/mol. The van der Waals surface area contributed by atoms with Crippen molar-refractivity contribution < 1.29 is 9.90 Å². The lowest BCUT2D eigenvalue weighted by molar-refractivity contribution is 0.114. The topological polar surface area (TPSA) is 87.4 Å². The molecule has 116 valence electrons. The van der Waals surface area contributed by atoms with Crippen molar-refractivity contribution in [1.82, 2.24) is 24.4 Å². The van der Waals surface area contributed by atoms with Gasteiger partial charge in [-0.05, 0) is 24.4 Å². The lowest BCUT2D eigenvalue weighted by Crippen LogP contribution is -2.55. The van der Waals surface area contributed by atoms with Gasteiger partial charge in [-0.25, -0.2) is 9.78 Å². The fourth-order valence-corrected chi connectivity index (χ4v) is 3.73. The molecule has 1 N–H and O–H groups in total. The minimum atomic E-state index is -0.837. The Kier molecular flexibility index (Phi) is 2.90. The zero-order valence-electron chi connectivity index (χ0n) is 12.0. The van der Waals surface area contributed by atoms with Crippen LogP contribution >= 0.6 is 11.6 Å². The highest BCUT2D eigenvalue weighted by Crippen LogP contribution is 2.34. The largest absolute Gasteiger partial charge is 0.465 e. The normalized spacial score (nSPS) is 24.3. The number of aryl methyl sites for hydroxylation is 1. The molecule has 0 radical (unpaired) electrons. The molecule has 2 aliphatic heterocycles. The molecule has 22 heavy (non-hydrogen) atoms. The Morgan fingerprint density at radius 3 is 2.64 bits per heavy atom. The number of aromatic nitrogens is 4. The van der Waals surface area contributed by atoms with Gasteiger partial charge in [0.15, 0.2) is 17.0 Å². The van der Waals surface area contributed by atoms with E-state index in [1.807, 2.05) is 7.05 Å². The number of piperazine rings is 1. The predicted octanol–water partition coefficient (Wildman–Crippen LogP) is 1.35. The van der Waals surface area contributed by atoms with Crippen molar-refractivity contribution >= 4 is 34.7 Å². The quantitative estimate of drug-likeness (QED) is 0.797. The zero-order valence-corrected chi connectivity index (χ0v) is 12.7. The van der Waals surface area contributed by atoms with Crippen molar-refractivity contribution in [2.24, 2.45) is 7.05 Å². The van der Waals surface area contributed by atoms with Crippen LogP contribution in [-0.4, -0.2) is 60.8 Å². The Hall–Kier alpha value is -2.09. The average molecular weight is 323 g/mol. The molecule has 2 unspecified atom stereocenters. The highest BCUT2D eigenvalue weighted by Gasteiger charge is 2.43. The van der Waals surface area contributed by atoms with Gasteiger partial charge in [-0.15, -0.1) is 0 Å². The molecule has 4 heterocycles. The van der Waals surface area contributed by atoms with Crippen LogP contribution in [0.15, 0.2) is 6.33 Å². The van der Waals surface area contributed by atoms with Gasteiger partial charge in [-0.1, -0.05) is 0 Å². The maximum atomic E-state index is 11.4. The van der Waals surface area contributed by atoms with Crippen molar-refractivity contribution in [3.63, 3.8) is 0 Å². The summed E-state index contributed by atoms with van der Waals surface area (Å²) in [6.07, 6.45) is 2.62. The fraction of sp³-hybridized carbons (Fsp3) is 0.538.